The minimum atomic E-state index is -1.32. The molecule has 1 aromatic rings. The number of nitrogens with one attached hydrogen (secondary N) is 1. The van der Waals surface area contributed by atoms with Gasteiger partial charge in [-0.2, -0.15) is 0 Å². The van der Waals surface area contributed by atoms with Crippen LogP contribution in [0.2, 0.25) is 0 Å². The maximum Gasteiger partial charge on any atom is 0.321 e. The molecule has 0 unspecified atom stereocenters. The molecule has 0 aliphatic rings. The van der Waals surface area contributed by atoms with Crippen molar-refractivity contribution in [2.45, 2.75) is 12.5 Å². The van der Waals surface area contributed by atoms with Gasteiger partial charge in [0.1, 0.15) is 6.04 Å². The number of ketones is 1. The van der Waals surface area contributed by atoms with Crippen molar-refractivity contribution in [2.75, 3.05) is 6.54 Å². The van der Waals surface area contributed by atoms with E-state index in [2.05, 4.69) is 5.32 Å². The van der Waals surface area contributed by atoms with Crippen LogP contribution in [0.1, 0.15) is 17.0 Å². The van der Waals surface area contributed by atoms with Crippen LogP contribution >= 0.6 is 0 Å². The number of carbonyl (C=O) groups excluding carboxylic acids is 1. The normalized spacial score (nSPS) is 12.0. The van der Waals surface area contributed by atoms with Gasteiger partial charge in [-0.1, -0.05) is 0 Å². The van der Waals surface area contributed by atoms with E-state index in [0.29, 0.717) is 0 Å². The molecule has 0 radical (unpaired) electrons. The minimum absolute atomic E-state index is 0.0944. The highest BCUT2D eigenvalue weighted by Crippen LogP contribution is 2.01. The van der Waals surface area contributed by atoms with Crippen LogP contribution in [0.3, 0.4) is 0 Å². The topological polar surface area (TPSA) is 117 Å². The summed E-state index contributed by atoms with van der Waals surface area (Å²) in [6.45, 7) is -0.294. The Morgan fingerprint density at radius 3 is 2.53 bits per heavy atom. The SMILES string of the molecule is O=C(O)C[C@H](NCC(=O)c1ccco1)C(=O)O. The fourth-order valence-electron chi connectivity index (χ4n) is 1.16. The van der Waals surface area contributed by atoms with Gasteiger partial charge >= 0.3 is 11.9 Å². The van der Waals surface area contributed by atoms with Crippen LogP contribution in [0.4, 0.5) is 0 Å². The number of hydrogen-bond donors (Lipinski definition) is 3. The monoisotopic (exact) mass is 241 g/mol. The lowest BCUT2D eigenvalue weighted by molar-refractivity contribution is -0.145. The Labute approximate surface area is 96.0 Å². The van der Waals surface area contributed by atoms with E-state index in [9.17, 15) is 14.4 Å². The molecule has 1 rings (SSSR count). The summed E-state index contributed by atoms with van der Waals surface area (Å²) in [5.74, 6) is -2.92. The molecule has 0 saturated carbocycles. The molecule has 0 amide bonds. The quantitative estimate of drug-likeness (QED) is 0.574. The fraction of sp³-hybridized carbons (Fsp3) is 0.300. The first kappa shape index (κ1) is 12.9. The van der Waals surface area contributed by atoms with Crippen LogP contribution in [-0.4, -0.2) is 40.5 Å². The first-order valence-electron chi connectivity index (χ1n) is 4.75. The van der Waals surface area contributed by atoms with Gasteiger partial charge in [0.25, 0.3) is 0 Å². The standard InChI is InChI=1S/C10H11NO6/c12-7(8-2-1-3-17-8)5-11-6(10(15)16)4-9(13)14/h1-3,6,11H,4-5H2,(H,13,14)(H,15,16)/t6-/m0/s1. The highest BCUT2D eigenvalue weighted by atomic mass is 16.4. The summed E-state index contributed by atoms with van der Waals surface area (Å²) < 4.78 is 4.82. The maximum atomic E-state index is 11.4. The number of aliphatic carboxylic acids is 2. The zero-order valence-electron chi connectivity index (χ0n) is 8.75. The molecule has 1 heterocycles. The number of furan rings is 1. The molecule has 0 spiro atoms. The molecule has 1 atom stereocenters. The van der Waals surface area contributed by atoms with Crippen LogP contribution in [0.25, 0.3) is 0 Å². The van der Waals surface area contributed by atoms with Crippen LogP contribution in [0, 0.1) is 0 Å². The molecule has 0 fully saturated rings. The predicted octanol–water partition coefficient (Wildman–Crippen LogP) is -0.0202. The molecule has 92 valence electrons. The van der Waals surface area contributed by atoms with Gasteiger partial charge in [-0.3, -0.25) is 19.7 Å². The minimum Gasteiger partial charge on any atom is -0.481 e. The summed E-state index contributed by atoms with van der Waals surface area (Å²) in [5.41, 5.74) is 0. The highest BCUT2D eigenvalue weighted by molar-refractivity contribution is 5.95. The molecular formula is C10H11NO6. The van der Waals surface area contributed by atoms with Crippen LogP contribution in [0.5, 0.6) is 0 Å². The number of Topliss-reactive ketones (excluding diaryl/α,β-unsaturated/α-hetero) is 1. The Bertz CT molecular complexity index is 410. The molecule has 0 aliphatic carbocycles. The molecular weight excluding hydrogens is 230 g/mol. The van der Waals surface area contributed by atoms with Crippen molar-refractivity contribution in [3.63, 3.8) is 0 Å². The summed E-state index contributed by atoms with van der Waals surface area (Å²) in [6.07, 6.45) is 0.722. The summed E-state index contributed by atoms with van der Waals surface area (Å²) >= 11 is 0. The van der Waals surface area contributed by atoms with E-state index in [4.69, 9.17) is 14.6 Å². The van der Waals surface area contributed by atoms with Gasteiger partial charge in [-0.05, 0) is 12.1 Å². The number of carboxylic acids is 2. The predicted molar refractivity (Wildman–Crippen MR) is 54.7 cm³/mol. The van der Waals surface area contributed by atoms with E-state index >= 15 is 0 Å². The van der Waals surface area contributed by atoms with Gasteiger partial charge in [0, 0.05) is 0 Å². The number of hydrogen-bond acceptors (Lipinski definition) is 5. The fourth-order valence-corrected chi connectivity index (χ4v) is 1.16. The lowest BCUT2D eigenvalue weighted by Gasteiger charge is -2.10. The lowest BCUT2D eigenvalue weighted by Crippen LogP contribution is -2.41. The van der Waals surface area contributed by atoms with Crippen molar-refractivity contribution >= 4 is 17.7 Å². The van der Waals surface area contributed by atoms with Crippen LogP contribution in [-0.2, 0) is 9.59 Å². The first-order chi connectivity index (χ1) is 8.00. The molecule has 0 aliphatic heterocycles. The number of carboxylic acid groups (broad SMARTS) is 2. The average Bonchev–Trinajstić information content (AvgIpc) is 2.76. The third-order valence-corrected chi connectivity index (χ3v) is 1.98. The van der Waals surface area contributed by atoms with Gasteiger partial charge in [-0.25, -0.2) is 0 Å². The average molecular weight is 241 g/mol. The van der Waals surface area contributed by atoms with Crippen LogP contribution < -0.4 is 5.32 Å². The highest BCUT2D eigenvalue weighted by Gasteiger charge is 2.21. The van der Waals surface area contributed by atoms with Gasteiger partial charge in [-0.15, -0.1) is 0 Å². The van der Waals surface area contributed by atoms with E-state index in [0.717, 1.165) is 0 Å². The Balaban J connectivity index is 2.49. The van der Waals surface area contributed by atoms with Crippen molar-refractivity contribution < 1.29 is 29.0 Å². The first-order valence-corrected chi connectivity index (χ1v) is 4.75. The van der Waals surface area contributed by atoms with Crippen molar-refractivity contribution in [3.05, 3.63) is 24.2 Å². The zero-order valence-corrected chi connectivity index (χ0v) is 8.75. The number of rotatable bonds is 7. The van der Waals surface area contributed by atoms with E-state index < -0.39 is 30.2 Å². The van der Waals surface area contributed by atoms with E-state index in [1.807, 2.05) is 0 Å². The summed E-state index contributed by atoms with van der Waals surface area (Å²) in [4.78, 5) is 32.5. The van der Waals surface area contributed by atoms with E-state index in [1.54, 1.807) is 0 Å². The Morgan fingerprint density at radius 2 is 2.06 bits per heavy atom. The third-order valence-electron chi connectivity index (χ3n) is 1.98. The van der Waals surface area contributed by atoms with Gasteiger partial charge in [0.05, 0.1) is 19.2 Å². The second-order valence-electron chi connectivity index (χ2n) is 3.27. The number of carbonyl (C=O) groups is 3. The Kier molecular flexibility index (Phi) is 4.41. The molecule has 0 saturated heterocycles. The van der Waals surface area contributed by atoms with Crippen molar-refractivity contribution in [3.8, 4) is 0 Å². The van der Waals surface area contributed by atoms with Gasteiger partial charge in [0.15, 0.2) is 5.76 Å². The van der Waals surface area contributed by atoms with Crippen LogP contribution in [0.15, 0.2) is 22.8 Å². The summed E-state index contributed by atoms with van der Waals surface area (Å²) in [5, 5.41) is 19.5. The Morgan fingerprint density at radius 1 is 1.35 bits per heavy atom. The molecule has 7 nitrogen and oxygen atoms in total. The smallest absolute Gasteiger partial charge is 0.321 e. The van der Waals surface area contributed by atoms with Crippen molar-refractivity contribution in [1.29, 1.82) is 0 Å². The largest absolute Gasteiger partial charge is 0.481 e. The summed E-state index contributed by atoms with van der Waals surface area (Å²) in [6, 6.07) is 1.67. The molecule has 17 heavy (non-hydrogen) atoms. The third kappa shape index (κ3) is 4.07. The molecule has 0 bridgehead atoms. The molecule has 1 aromatic heterocycles. The molecule has 3 N–H and O–H groups in total. The zero-order chi connectivity index (χ0) is 12.8. The van der Waals surface area contributed by atoms with E-state index in [-0.39, 0.29) is 12.3 Å². The van der Waals surface area contributed by atoms with Crippen molar-refractivity contribution in [1.82, 2.24) is 5.32 Å². The van der Waals surface area contributed by atoms with Gasteiger partial charge in [0.2, 0.25) is 5.78 Å². The molecule has 0 aromatic carbocycles. The Hall–Kier alpha value is -2.15. The molecule has 7 heteroatoms. The van der Waals surface area contributed by atoms with E-state index in [1.165, 1.54) is 18.4 Å². The lowest BCUT2D eigenvalue weighted by atomic mass is 10.2. The van der Waals surface area contributed by atoms with Gasteiger partial charge < -0.3 is 14.6 Å². The van der Waals surface area contributed by atoms with Crippen molar-refractivity contribution in [2.24, 2.45) is 0 Å². The maximum absolute atomic E-state index is 11.4. The summed E-state index contributed by atoms with van der Waals surface area (Å²) in [7, 11) is 0. The second kappa shape index (κ2) is 5.80. The second-order valence-corrected chi connectivity index (χ2v) is 3.27.